The zero-order valence-electron chi connectivity index (χ0n) is 8.44. The molecule has 0 aliphatic carbocycles. The maximum Gasteiger partial charge on any atom is 0.290 e. The maximum absolute atomic E-state index is 10.8. The van der Waals surface area contributed by atoms with Gasteiger partial charge in [0, 0.05) is 20.3 Å². The molecule has 0 aromatic carbocycles. The van der Waals surface area contributed by atoms with Gasteiger partial charge in [-0.05, 0) is 6.08 Å². The molecule has 14 heavy (non-hydrogen) atoms. The van der Waals surface area contributed by atoms with Gasteiger partial charge in [-0.25, -0.2) is 4.85 Å². The summed E-state index contributed by atoms with van der Waals surface area (Å²) in [6, 6.07) is 0. The summed E-state index contributed by atoms with van der Waals surface area (Å²) in [7, 11) is 5.00. The first-order chi connectivity index (χ1) is 6.52. The van der Waals surface area contributed by atoms with Gasteiger partial charge in [0.05, 0.1) is 13.7 Å². The Bertz CT molecular complexity index is 311. The van der Waals surface area contributed by atoms with Gasteiger partial charge in [-0.3, -0.25) is 4.79 Å². The van der Waals surface area contributed by atoms with Crippen molar-refractivity contribution in [1.82, 2.24) is 4.90 Å². The third-order valence-electron chi connectivity index (χ3n) is 1.32. The van der Waals surface area contributed by atoms with Crippen LogP contribution in [0.1, 0.15) is 0 Å². The molecule has 2 N–H and O–H groups in total. The highest BCUT2D eigenvalue weighted by Crippen LogP contribution is 2.08. The smallest absolute Gasteiger partial charge is 0.290 e. The molecule has 0 aromatic heterocycles. The Morgan fingerprint density at radius 3 is 2.43 bits per heavy atom. The van der Waals surface area contributed by atoms with Crippen LogP contribution in [0, 0.1) is 6.57 Å². The molecule has 0 spiro atoms. The average molecular weight is 195 g/mol. The summed E-state index contributed by atoms with van der Waals surface area (Å²) in [4.78, 5) is 15.5. The molecule has 0 saturated heterocycles. The number of hydrogen-bond donors (Lipinski definition) is 1. The van der Waals surface area contributed by atoms with Crippen LogP contribution in [0.25, 0.3) is 4.85 Å². The van der Waals surface area contributed by atoms with Gasteiger partial charge < -0.3 is 15.4 Å². The topological polar surface area (TPSA) is 59.9 Å². The lowest BCUT2D eigenvalue weighted by molar-refractivity contribution is -0.114. The molecule has 0 aliphatic heterocycles. The minimum atomic E-state index is -0.791. The van der Waals surface area contributed by atoms with Crippen LogP contribution in [0.15, 0.2) is 23.7 Å². The van der Waals surface area contributed by atoms with E-state index in [1.54, 1.807) is 11.1 Å². The predicted molar refractivity (Wildman–Crippen MR) is 52.7 cm³/mol. The summed E-state index contributed by atoms with van der Waals surface area (Å²) in [5.41, 5.74) is 4.79. The number of nitrogens with two attached hydrogens (primary N) is 1. The molecular weight excluding hydrogens is 182 g/mol. The fourth-order valence-corrected chi connectivity index (χ4v) is 0.692. The molecule has 0 rings (SSSR count). The number of amides is 1. The molecule has 0 aliphatic rings. The second kappa shape index (κ2) is 5.65. The second-order valence-corrected chi connectivity index (χ2v) is 2.67. The van der Waals surface area contributed by atoms with Gasteiger partial charge in [-0.1, -0.05) is 0 Å². The van der Waals surface area contributed by atoms with Gasteiger partial charge in [0.25, 0.3) is 11.6 Å². The molecule has 0 atom stereocenters. The second-order valence-electron chi connectivity index (χ2n) is 2.67. The first kappa shape index (κ1) is 12.0. The van der Waals surface area contributed by atoms with E-state index in [0.29, 0.717) is 0 Å². The average Bonchev–Trinajstić information content (AvgIpc) is 2.10. The van der Waals surface area contributed by atoms with Crippen molar-refractivity contribution in [2.45, 2.75) is 0 Å². The maximum atomic E-state index is 10.8. The first-order valence-corrected chi connectivity index (χ1v) is 3.83. The lowest BCUT2D eigenvalue weighted by Crippen LogP contribution is -2.14. The van der Waals surface area contributed by atoms with Crippen LogP contribution < -0.4 is 5.73 Å². The van der Waals surface area contributed by atoms with Crippen LogP contribution >= 0.6 is 0 Å². The number of nitrogens with zero attached hydrogens (tertiary/aromatic N) is 2. The van der Waals surface area contributed by atoms with Crippen molar-refractivity contribution in [3.8, 4) is 0 Å². The number of allylic oxidation sites excluding steroid dienone is 1. The van der Waals surface area contributed by atoms with Gasteiger partial charge in [0.2, 0.25) is 0 Å². The molecule has 0 heterocycles. The molecule has 0 fully saturated rings. The monoisotopic (exact) mass is 195 g/mol. The quantitative estimate of drug-likeness (QED) is 0.304. The number of carbonyl (C=O) groups excluding carboxylic acids is 1. The van der Waals surface area contributed by atoms with Crippen LogP contribution in [-0.2, 0) is 9.53 Å². The van der Waals surface area contributed by atoms with Gasteiger partial charge >= 0.3 is 0 Å². The molecule has 0 aromatic rings. The van der Waals surface area contributed by atoms with E-state index in [1.165, 1.54) is 13.2 Å². The SMILES string of the molecule is [C-]#[N+]/C(C(N)=O)=C(/C=C/N(C)C)OC. The summed E-state index contributed by atoms with van der Waals surface area (Å²) in [5.74, 6) is -0.624. The normalized spacial score (nSPS) is 11.9. The number of ether oxygens (including phenoxy) is 1. The van der Waals surface area contributed by atoms with Gasteiger partial charge in [0.15, 0.2) is 0 Å². The molecule has 0 bridgehead atoms. The molecule has 5 nitrogen and oxygen atoms in total. The van der Waals surface area contributed by atoms with Gasteiger partial charge in [-0.2, -0.15) is 0 Å². The molecular formula is C9H13N3O2. The third-order valence-corrected chi connectivity index (χ3v) is 1.32. The summed E-state index contributed by atoms with van der Waals surface area (Å²) >= 11 is 0. The standard InChI is InChI=1S/C9H13N3O2/c1-11-8(9(10)13)7(14-4)5-6-12(2)3/h5-6H,2-4H3,(H2,10,13)/b6-5+,8-7-. The summed E-state index contributed by atoms with van der Waals surface area (Å²) in [6.07, 6.45) is 3.17. The minimum Gasteiger partial charge on any atom is -0.508 e. The highest BCUT2D eigenvalue weighted by Gasteiger charge is 2.11. The molecule has 0 unspecified atom stereocenters. The van der Waals surface area contributed by atoms with E-state index in [1.807, 2.05) is 14.1 Å². The molecule has 0 saturated carbocycles. The Balaban J connectivity index is 5.02. The lowest BCUT2D eigenvalue weighted by atomic mass is 10.3. The van der Waals surface area contributed by atoms with E-state index in [2.05, 4.69) is 4.85 Å². The predicted octanol–water partition coefficient (Wildman–Crippen LogP) is 0.324. The van der Waals surface area contributed by atoms with E-state index in [4.69, 9.17) is 17.0 Å². The highest BCUT2D eigenvalue weighted by atomic mass is 16.5. The van der Waals surface area contributed by atoms with E-state index in [-0.39, 0.29) is 11.5 Å². The van der Waals surface area contributed by atoms with E-state index >= 15 is 0 Å². The minimum absolute atomic E-state index is 0.168. The van der Waals surface area contributed by atoms with Crippen LogP contribution in [0.3, 0.4) is 0 Å². The zero-order valence-corrected chi connectivity index (χ0v) is 8.44. The van der Waals surface area contributed by atoms with E-state index in [9.17, 15) is 4.79 Å². The Labute approximate surface area is 83.3 Å². The molecule has 1 amide bonds. The third kappa shape index (κ3) is 3.63. The number of rotatable bonds is 4. The van der Waals surface area contributed by atoms with Crippen LogP contribution in [0.2, 0.25) is 0 Å². The number of hydrogen-bond acceptors (Lipinski definition) is 3. The number of methoxy groups -OCH3 is 1. The Kier molecular flexibility index (Phi) is 4.86. The molecule has 5 heteroatoms. The Hall–Kier alpha value is -1.96. The lowest BCUT2D eigenvalue weighted by Gasteiger charge is -2.06. The Morgan fingerprint density at radius 2 is 2.14 bits per heavy atom. The van der Waals surface area contributed by atoms with Crippen LogP contribution in [0.5, 0.6) is 0 Å². The summed E-state index contributed by atoms with van der Waals surface area (Å²) in [6.45, 7) is 6.75. The number of primary amides is 1. The van der Waals surface area contributed by atoms with Crippen molar-refractivity contribution in [3.63, 3.8) is 0 Å². The summed E-state index contributed by atoms with van der Waals surface area (Å²) < 4.78 is 4.87. The van der Waals surface area contributed by atoms with Crippen molar-refractivity contribution >= 4 is 5.91 Å². The number of carbonyl (C=O) groups is 1. The summed E-state index contributed by atoms with van der Waals surface area (Å²) in [5, 5.41) is 0. The molecule has 0 radical (unpaired) electrons. The van der Waals surface area contributed by atoms with Gasteiger partial charge in [-0.15, -0.1) is 0 Å². The van der Waals surface area contributed by atoms with E-state index in [0.717, 1.165) is 0 Å². The largest absolute Gasteiger partial charge is 0.508 e. The Morgan fingerprint density at radius 1 is 1.57 bits per heavy atom. The van der Waals surface area contributed by atoms with Crippen LogP contribution in [0.4, 0.5) is 0 Å². The van der Waals surface area contributed by atoms with Crippen molar-refractivity contribution < 1.29 is 9.53 Å². The highest BCUT2D eigenvalue weighted by molar-refractivity contribution is 5.94. The van der Waals surface area contributed by atoms with E-state index < -0.39 is 5.91 Å². The van der Waals surface area contributed by atoms with Gasteiger partial charge in [0.1, 0.15) is 5.76 Å². The fraction of sp³-hybridized carbons (Fsp3) is 0.333. The van der Waals surface area contributed by atoms with Crippen molar-refractivity contribution in [3.05, 3.63) is 35.1 Å². The fourth-order valence-electron chi connectivity index (χ4n) is 0.692. The van der Waals surface area contributed by atoms with Crippen LogP contribution in [-0.4, -0.2) is 32.0 Å². The van der Waals surface area contributed by atoms with Crippen molar-refractivity contribution in [2.24, 2.45) is 5.73 Å². The van der Waals surface area contributed by atoms with Crippen molar-refractivity contribution in [2.75, 3.05) is 21.2 Å². The van der Waals surface area contributed by atoms with Crippen molar-refractivity contribution in [1.29, 1.82) is 0 Å². The zero-order chi connectivity index (χ0) is 11.1. The molecule has 76 valence electrons. The first-order valence-electron chi connectivity index (χ1n) is 3.83.